The minimum atomic E-state index is -0.283. The fourth-order valence-electron chi connectivity index (χ4n) is 4.62. The number of aromatic amines is 1. The Morgan fingerprint density at radius 2 is 2.00 bits per heavy atom. The second kappa shape index (κ2) is 11.8. The Labute approximate surface area is 229 Å². The first-order valence-corrected chi connectivity index (χ1v) is 12.9. The van der Waals surface area contributed by atoms with Crippen LogP contribution in [0.15, 0.2) is 55.0 Å². The van der Waals surface area contributed by atoms with Crippen LogP contribution in [0.3, 0.4) is 0 Å². The predicted octanol–water partition coefficient (Wildman–Crippen LogP) is 3.73. The molecule has 1 saturated heterocycles. The van der Waals surface area contributed by atoms with E-state index in [0.717, 1.165) is 18.4 Å². The molecule has 3 heterocycles. The quantitative estimate of drug-likeness (QED) is 0.232. The molecule has 1 aliphatic heterocycles. The summed E-state index contributed by atoms with van der Waals surface area (Å²) in [6.45, 7) is 0.639. The highest BCUT2D eigenvalue weighted by Crippen LogP contribution is 2.30. The highest BCUT2D eigenvalue weighted by atomic mass is 35.5. The fourth-order valence-corrected chi connectivity index (χ4v) is 4.91. The molecule has 2 aromatic carbocycles. The van der Waals surface area contributed by atoms with Crippen LogP contribution in [0.1, 0.15) is 44.7 Å². The summed E-state index contributed by atoms with van der Waals surface area (Å²) in [5.74, 6) is 0.440. The molecule has 0 aliphatic carbocycles. The summed E-state index contributed by atoms with van der Waals surface area (Å²) in [6, 6.07) is 12.0. The summed E-state index contributed by atoms with van der Waals surface area (Å²) >= 11 is 6.55. The SMILES string of the molecule is COc1ccccc1C(=O)NCc1ccc(C(=O)c2c[nH]c3ncnc(N[C@@H]4CC[C@@H](CO)OC4)c23)c(Cl)c1. The number of hydrogen-bond donors (Lipinski definition) is 4. The van der Waals surface area contributed by atoms with Crippen LogP contribution in [0, 0.1) is 0 Å². The monoisotopic (exact) mass is 549 g/mol. The molecule has 11 heteroatoms. The molecule has 1 aliphatic rings. The van der Waals surface area contributed by atoms with Crippen LogP contribution in [0.25, 0.3) is 11.0 Å². The van der Waals surface area contributed by atoms with Crippen LogP contribution in [-0.4, -0.2) is 64.2 Å². The van der Waals surface area contributed by atoms with Gasteiger partial charge in [-0.3, -0.25) is 9.59 Å². The van der Waals surface area contributed by atoms with E-state index in [2.05, 4.69) is 25.6 Å². The van der Waals surface area contributed by atoms with Crippen molar-refractivity contribution >= 4 is 40.1 Å². The normalized spacial score (nSPS) is 17.1. The molecule has 202 valence electrons. The fraction of sp³-hybridized carbons (Fsp3) is 0.286. The average molecular weight is 550 g/mol. The van der Waals surface area contributed by atoms with Gasteiger partial charge in [0, 0.05) is 18.3 Å². The molecule has 1 fully saturated rings. The Kier molecular flexibility index (Phi) is 8.06. The van der Waals surface area contributed by atoms with Crippen molar-refractivity contribution in [3.05, 3.63) is 82.3 Å². The first-order chi connectivity index (χ1) is 19.0. The topological polar surface area (TPSA) is 138 Å². The number of fused-ring (bicyclic) bond motifs is 1. The molecular weight excluding hydrogens is 522 g/mol. The number of aliphatic hydroxyl groups excluding tert-OH is 1. The van der Waals surface area contributed by atoms with E-state index in [1.165, 1.54) is 13.4 Å². The lowest BCUT2D eigenvalue weighted by molar-refractivity contribution is -0.0224. The van der Waals surface area contributed by atoms with Gasteiger partial charge in [-0.15, -0.1) is 0 Å². The highest BCUT2D eigenvalue weighted by molar-refractivity contribution is 6.35. The van der Waals surface area contributed by atoms with Gasteiger partial charge in [0.1, 0.15) is 23.5 Å². The van der Waals surface area contributed by atoms with Gasteiger partial charge in [-0.2, -0.15) is 0 Å². The van der Waals surface area contributed by atoms with Crippen molar-refractivity contribution in [3.8, 4) is 5.75 Å². The van der Waals surface area contributed by atoms with Crippen LogP contribution in [0.4, 0.5) is 5.82 Å². The van der Waals surface area contributed by atoms with Gasteiger partial charge in [0.05, 0.1) is 54.0 Å². The number of nitrogens with zero attached hydrogens (tertiary/aromatic N) is 2. The molecule has 0 radical (unpaired) electrons. The number of methoxy groups -OCH3 is 1. The van der Waals surface area contributed by atoms with Crippen LogP contribution >= 0.6 is 11.6 Å². The van der Waals surface area contributed by atoms with Crippen molar-refractivity contribution < 1.29 is 24.2 Å². The Morgan fingerprint density at radius 3 is 2.74 bits per heavy atom. The second-order valence-electron chi connectivity index (χ2n) is 9.23. The molecule has 1 amide bonds. The van der Waals surface area contributed by atoms with E-state index >= 15 is 0 Å². The number of hydrogen-bond acceptors (Lipinski definition) is 8. The number of ether oxygens (including phenoxy) is 2. The number of benzene rings is 2. The number of aromatic nitrogens is 3. The number of aliphatic hydroxyl groups is 1. The van der Waals surface area contributed by atoms with Gasteiger partial charge in [0.25, 0.3) is 5.91 Å². The molecule has 0 unspecified atom stereocenters. The van der Waals surface area contributed by atoms with E-state index in [1.807, 2.05) is 0 Å². The van der Waals surface area contributed by atoms with E-state index < -0.39 is 0 Å². The standard InChI is InChI=1S/C28H28ClN5O5/c1-38-23-5-3-2-4-20(23)28(37)31-11-16-6-9-19(22(29)10-16)25(36)21-12-30-26-24(21)27(33-15-32-26)34-17-7-8-18(13-35)39-14-17/h2-6,9-10,12,15,17-18,35H,7-8,11,13-14H2,1H3,(H,31,37)(H2,30,32,33,34)/t17-,18+/m1/s1. The molecule has 4 N–H and O–H groups in total. The molecule has 0 spiro atoms. The third-order valence-electron chi connectivity index (χ3n) is 6.71. The van der Waals surface area contributed by atoms with Gasteiger partial charge in [-0.1, -0.05) is 29.8 Å². The van der Waals surface area contributed by atoms with Crippen molar-refractivity contribution in [3.63, 3.8) is 0 Å². The summed E-state index contributed by atoms with van der Waals surface area (Å²) in [4.78, 5) is 37.9. The Balaban J connectivity index is 1.32. The molecule has 5 rings (SSSR count). The lowest BCUT2D eigenvalue weighted by Crippen LogP contribution is -2.36. The number of para-hydroxylation sites is 1. The molecule has 2 aromatic heterocycles. The van der Waals surface area contributed by atoms with Crippen molar-refractivity contribution in [1.29, 1.82) is 0 Å². The number of carbonyl (C=O) groups is 2. The van der Waals surface area contributed by atoms with Crippen molar-refractivity contribution in [2.45, 2.75) is 31.5 Å². The smallest absolute Gasteiger partial charge is 0.255 e. The number of amides is 1. The van der Waals surface area contributed by atoms with Gasteiger partial charge in [-0.25, -0.2) is 9.97 Å². The first kappa shape index (κ1) is 26.6. The Morgan fingerprint density at radius 1 is 1.15 bits per heavy atom. The summed E-state index contributed by atoms with van der Waals surface area (Å²) < 4.78 is 10.9. The maximum atomic E-state index is 13.6. The molecule has 2 atom stereocenters. The second-order valence-corrected chi connectivity index (χ2v) is 9.64. The maximum Gasteiger partial charge on any atom is 0.255 e. The lowest BCUT2D eigenvalue weighted by atomic mass is 10.0. The van der Waals surface area contributed by atoms with Crippen molar-refractivity contribution in [2.75, 3.05) is 25.6 Å². The van der Waals surface area contributed by atoms with Gasteiger partial charge >= 0.3 is 0 Å². The van der Waals surface area contributed by atoms with Crippen LogP contribution in [0.5, 0.6) is 5.75 Å². The number of halogens is 1. The van der Waals surface area contributed by atoms with E-state index in [9.17, 15) is 14.7 Å². The molecule has 4 aromatic rings. The minimum Gasteiger partial charge on any atom is -0.496 e. The molecule has 0 bridgehead atoms. The van der Waals surface area contributed by atoms with E-state index in [-0.39, 0.29) is 42.0 Å². The summed E-state index contributed by atoms with van der Waals surface area (Å²) in [6.07, 6.45) is 4.39. The summed E-state index contributed by atoms with van der Waals surface area (Å²) in [5.41, 5.74) is 2.39. The van der Waals surface area contributed by atoms with E-state index in [4.69, 9.17) is 21.1 Å². The minimum absolute atomic E-state index is 0.00533. The largest absolute Gasteiger partial charge is 0.496 e. The van der Waals surface area contributed by atoms with Crippen LogP contribution in [0.2, 0.25) is 5.02 Å². The van der Waals surface area contributed by atoms with Crippen molar-refractivity contribution in [2.24, 2.45) is 0 Å². The molecule has 0 saturated carbocycles. The number of rotatable bonds is 9. The van der Waals surface area contributed by atoms with Crippen LogP contribution < -0.4 is 15.4 Å². The molecule has 10 nitrogen and oxygen atoms in total. The zero-order valence-electron chi connectivity index (χ0n) is 21.2. The van der Waals surface area contributed by atoms with E-state index in [1.54, 1.807) is 48.7 Å². The van der Waals surface area contributed by atoms with Crippen LogP contribution in [-0.2, 0) is 11.3 Å². The van der Waals surface area contributed by atoms with Gasteiger partial charge in [-0.05, 0) is 42.7 Å². The third-order valence-corrected chi connectivity index (χ3v) is 7.02. The highest BCUT2D eigenvalue weighted by Gasteiger charge is 2.25. The van der Waals surface area contributed by atoms with Crippen molar-refractivity contribution in [1.82, 2.24) is 20.3 Å². The zero-order chi connectivity index (χ0) is 27.4. The average Bonchev–Trinajstić information content (AvgIpc) is 3.41. The lowest BCUT2D eigenvalue weighted by Gasteiger charge is -2.29. The molecule has 39 heavy (non-hydrogen) atoms. The number of H-pyrrole nitrogens is 1. The first-order valence-electron chi connectivity index (χ1n) is 12.5. The Bertz CT molecular complexity index is 1500. The van der Waals surface area contributed by atoms with Gasteiger partial charge in [0.15, 0.2) is 5.78 Å². The van der Waals surface area contributed by atoms with Gasteiger partial charge in [0.2, 0.25) is 0 Å². The number of nitrogens with one attached hydrogen (secondary N) is 3. The number of ketones is 1. The number of anilines is 1. The summed E-state index contributed by atoms with van der Waals surface area (Å²) in [7, 11) is 1.51. The molecular formula is C28H28ClN5O5. The zero-order valence-corrected chi connectivity index (χ0v) is 22.0. The predicted molar refractivity (Wildman–Crippen MR) is 146 cm³/mol. The summed E-state index contributed by atoms with van der Waals surface area (Å²) in [5, 5.41) is 16.4. The number of carbonyl (C=O) groups excluding carboxylic acids is 2. The van der Waals surface area contributed by atoms with Gasteiger partial charge < -0.3 is 30.2 Å². The maximum absolute atomic E-state index is 13.6. The Hall–Kier alpha value is -3.99. The van der Waals surface area contributed by atoms with E-state index in [0.29, 0.717) is 45.9 Å². The third kappa shape index (κ3) is 5.73.